The maximum absolute atomic E-state index is 13.9. The molecule has 0 unspecified atom stereocenters. The van der Waals surface area contributed by atoms with Crippen molar-refractivity contribution in [3.63, 3.8) is 0 Å². The van der Waals surface area contributed by atoms with Crippen molar-refractivity contribution in [3.8, 4) is 5.75 Å². The summed E-state index contributed by atoms with van der Waals surface area (Å²) in [6, 6.07) is 8.30. The molecule has 0 aliphatic rings. The molecule has 2 aromatic rings. The first-order valence-corrected chi connectivity index (χ1v) is 9.37. The number of nitrogens with one attached hydrogen (secondary N) is 1. The first-order chi connectivity index (χ1) is 12.2. The maximum atomic E-state index is 13.9. The molecule has 0 saturated carbocycles. The van der Waals surface area contributed by atoms with E-state index in [2.05, 4.69) is 4.72 Å². The molecule has 2 aromatic carbocycles. The Labute approximate surface area is 156 Å². The van der Waals surface area contributed by atoms with Gasteiger partial charge in [-0.2, -0.15) is 0 Å². The van der Waals surface area contributed by atoms with Crippen LogP contribution in [0, 0.1) is 5.82 Å². The van der Waals surface area contributed by atoms with E-state index in [1.165, 1.54) is 62.5 Å². The van der Waals surface area contributed by atoms with Gasteiger partial charge < -0.3 is 9.64 Å². The van der Waals surface area contributed by atoms with E-state index in [9.17, 15) is 17.6 Å². The lowest BCUT2D eigenvalue weighted by Crippen LogP contribution is -2.27. The van der Waals surface area contributed by atoms with Gasteiger partial charge in [0.05, 0.1) is 7.11 Å². The van der Waals surface area contributed by atoms with Crippen LogP contribution in [0.1, 0.15) is 15.9 Å². The Balaban J connectivity index is 2.36. The highest BCUT2D eigenvalue weighted by molar-refractivity contribution is 7.89. The lowest BCUT2D eigenvalue weighted by molar-refractivity contribution is 0.0783. The number of hydrogen-bond donors (Lipinski definition) is 1. The second-order valence-electron chi connectivity index (χ2n) is 5.43. The molecule has 0 radical (unpaired) electrons. The molecule has 26 heavy (non-hydrogen) atoms. The van der Waals surface area contributed by atoms with Crippen molar-refractivity contribution in [2.45, 2.75) is 11.4 Å². The number of amides is 1. The average molecular weight is 401 g/mol. The van der Waals surface area contributed by atoms with Gasteiger partial charge in [-0.05, 0) is 37.4 Å². The van der Waals surface area contributed by atoms with Crippen LogP contribution in [0.4, 0.5) is 4.39 Å². The van der Waals surface area contributed by atoms with Crippen LogP contribution in [0.15, 0.2) is 41.3 Å². The number of nitrogens with zero attached hydrogens (tertiary/aromatic N) is 1. The highest BCUT2D eigenvalue weighted by Gasteiger charge is 2.22. The highest BCUT2D eigenvalue weighted by atomic mass is 35.5. The van der Waals surface area contributed by atoms with Crippen molar-refractivity contribution in [2.75, 3.05) is 21.2 Å². The van der Waals surface area contributed by atoms with Crippen LogP contribution >= 0.6 is 11.6 Å². The van der Waals surface area contributed by atoms with Crippen LogP contribution in [-0.4, -0.2) is 40.4 Å². The molecule has 0 aromatic heterocycles. The molecule has 1 N–H and O–H groups in total. The normalized spacial score (nSPS) is 11.3. The Hall–Kier alpha value is -2.16. The zero-order chi connectivity index (χ0) is 19.5. The van der Waals surface area contributed by atoms with E-state index in [1.54, 1.807) is 0 Å². The summed E-state index contributed by atoms with van der Waals surface area (Å²) in [4.78, 5) is 13.7. The number of rotatable bonds is 6. The van der Waals surface area contributed by atoms with Crippen LogP contribution in [0.2, 0.25) is 5.02 Å². The quantitative estimate of drug-likeness (QED) is 0.808. The third kappa shape index (κ3) is 4.14. The SMILES string of the molecule is CNS(=O)(=O)c1cc(C(=O)N(C)Cc2c(F)cccc2Cl)ccc1OC. The smallest absolute Gasteiger partial charge is 0.253 e. The van der Waals surface area contributed by atoms with Crippen molar-refractivity contribution in [3.05, 3.63) is 58.4 Å². The minimum absolute atomic E-state index is 0.0650. The van der Waals surface area contributed by atoms with Crippen molar-refractivity contribution in [1.82, 2.24) is 9.62 Å². The van der Waals surface area contributed by atoms with Gasteiger partial charge in [-0.1, -0.05) is 17.7 Å². The van der Waals surface area contributed by atoms with Crippen molar-refractivity contribution in [2.24, 2.45) is 0 Å². The van der Waals surface area contributed by atoms with Gasteiger partial charge in [-0.3, -0.25) is 4.79 Å². The van der Waals surface area contributed by atoms with Crippen molar-refractivity contribution < 1.29 is 22.3 Å². The van der Waals surface area contributed by atoms with Gasteiger partial charge >= 0.3 is 0 Å². The third-order valence-corrected chi connectivity index (χ3v) is 5.56. The Kier molecular flexibility index (Phi) is 6.22. The molecule has 0 aliphatic carbocycles. The van der Waals surface area contributed by atoms with Crippen LogP contribution < -0.4 is 9.46 Å². The molecule has 0 fully saturated rings. The summed E-state index contributed by atoms with van der Waals surface area (Å²) in [6.07, 6.45) is 0. The number of benzene rings is 2. The maximum Gasteiger partial charge on any atom is 0.253 e. The average Bonchev–Trinajstić information content (AvgIpc) is 2.63. The van der Waals surface area contributed by atoms with E-state index in [-0.39, 0.29) is 33.3 Å². The van der Waals surface area contributed by atoms with E-state index in [0.717, 1.165) is 0 Å². The van der Waals surface area contributed by atoms with Crippen molar-refractivity contribution in [1.29, 1.82) is 0 Å². The number of carbonyl (C=O) groups excluding carboxylic acids is 1. The molecule has 0 heterocycles. The predicted molar refractivity (Wildman–Crippen MR) is 96.4 cm³/mol. The lowest BCUT2D eigenvalue weighted by Gasteiger charge is -2.19. The minimum atomic E-state index is -3.82. The predicted octanol–water partition coefficient (Wildman–Crippen LogP) is 2.67. The summed E-state index contributed by atoms with van der Waals surface area (Å²) >= 11 is 5.99. The van der Waals surface area contributed by atoms with Crippen LogP contribution in [0.25, 0.3) is 0 Å². The van der Waals surface area contributed by atoms with Gasteiger partial charge in [-0.25, -0.2) is 17.5 Å². The summed E-state index contributed by atoms with van der Waals surface area (Å²) in [5.74, 6) is -0.902. The van der Waals surface area contributed by atoms with Gasteiger partial charge in [0.25, 0.3) is 5.91 Å². The molecule has 2 rings (SSSR count). The zero-order valence-electron chi connectivity index (χ0n) is 14.4. The molecule has 140 valence electrons. The van der Waals surface area contributed by atoms with Crippen LogP contribution in [0.3, 0.4) is 0 Å². The molecule has 0 bridgehead atoms. The Morgan fingerprint density at radius 2 is 2.00 bits per heavy atom. The molecule has 0 aliphatic heterocycles. The van der Waals surface area contributed by atoms with Gasteiger partial charge in [0.1, 0.15) is 16.5 Å². The second kappa shape index (κ2) is 8.03. The monoisotopic (exact) mass is 400 g/mol. The minimum Gasteiger partial charge on any atom is -0.495 e. The number of halogens is 2. The van der Waals surface area contributed by atoms with E-state index in [1.807, 2.05) is 0 Å². The fraction of sp³-hybridized carbons (Fsp3) is 0.235. The first kappa shape index (κ1) is 20.2. The summed E-state index contributed by atoms with van der Waals surface area (Å²) in [6.45, 7) is -0.0650. The molecular formula is C17H18ClFN2O4S. The molecule has 0 saturated heterocycles. The van der Waals surface area contributed by atoms with E-state index < -0.39 is 21.7 Å². The summed E-state index contributed by atoms with van der Waals surface area (Å²) < 4.78 is 45.4. The van der Waals surface area contributed by atoms with Crippen LogP contribution in [-0.2, 0) is 16.6 Å². The number of ether oxygens (including phenoxy) is 1. The zero-order valence-corrected chi connectivity index (χ0v) is 16.0. The second-order valence-corrected chi connectivity index (χ2v) is 7.70. The fourth-order valence-electron chi connectivity index (χ4n) is 2.34. The van der Waals surface area contributed by atoms with Gasteiger partial charge in [0, 0.05) is 29.7 Å². The standard InChI is InChI=1S/C17H18ClFN2O4S/c1-20-26(23,24)16-9-11(7-8-15(16)25-3)17(22)21(2)10-12-13(18)5-4-6-14(12)19/h4-9,20H,10H2,1-3H3. The van der Waals surface area contributed by atoms with Gasteiger partial charge in [0.15, 0.2) is 0 Å². The van der Waals surface area contributed by atoms with E-state index >= 15 is 0 Å². The molecule has 6 nitrogen and oxygen atoms in total. The highest BCUT2D eigenvalue weighted by Crippen LogP contribution is 2.26. The summed E-state index contributed by atoms with van der Waals surface area (Å²) in [5.41, 5.74) is 0.302. The van der Waals surface area contributed by atoms with Gasteiger partial charge in [0.2, 0.25) is 10.0 Å². The number of methoxy groups -OCH3 is 1. The molecule has 0 atom stereocenters. The van der Waals surface area contributed by atoms with Crippen molar-refractivity contribution >= 4 is 27.5 Å². The fourth-order valence-corrected chi connectivity index (χ4v) is 3.48. The third-order valence-electron chi connectivity index (χ3n) is 3.77. The van der Waals surface area contributed by atoms with Gasteiger partial charge in [-0.15, -0.1) is 0 Å². The molecular weight excluding hydrogens is 383 g/mol. The van der Waals surface area contributed by atoms with Crippen LogP contribution in [0.5, 0.6) is 5.75 Å². The Bertz CT molecular complexity index is 914. The first-order valence-electron chi connectivity index (χ1n) is 7.51. The Morgan fingerprint density at radius 1 is 1.31 bits per heavy atom. The largest absolute Gasteiger partial charge is 0.495 e. The summed E-state index contributed by atoms with van der Waals surface area (Å²) in [7, 11) is 0.243. The molecule has 1 amide bonds. The Morgan fingerprint density at radius 3 is 2.58 bits per heavy atom. The number of carbonyl (C=O) groups is 1. The molecule has 9 heteroatoms. The summed E-state index contributed by atoms with van der Waals surface area (Å²) in [5, 5.41) is 0.206. The molecule has 0 spiro atoms. The topological polar surface area (TPSA) is 75.7 Å². The lowest BCUT2D eigenvalue weighted by atomic mass is 10.1. The number of sulfonamides is 1. The van der Waals surface area contributed by atoms with E-state index in [0.29, 0.717) is 0 Å². The number of hydrogen-bond acceptors (Lipinski definition) is 4. The van der Waals surface area contributed by atoms with E-state index in [4.69, 9.17) is 16.3 Å².